The molecule has 0 aliphatic rings. The van der Waals surface area contributed by atoms with Gasteiger partial charge in [-0.05, 0) is 23.6 Å². The largest absolute Gasteiger partial charge is 0.326 e. The maximum Gasteiger partial charge on any atom is 0.221 e. The Hall–Kier alpha value is -2.20. The molecule has 3 rings (SSSR count). The van der Waals surface area contributed by atoms with Gasteiger partial charge in [-0.1, -0.05) is 12.1 Å². The number of carbonyl (C=O) groups is 1. The lowest BCUT2D eigenvalue weighted by Gasteiger charge is -2.03. The summed E-state index contributed by atoms with van der Waals surface area (Å²) in [7, 11) is 0. The van der Waals surface area contributed by atoms with Gasteiger partial charge in [0.2, 0.25) is 5.91 Å². The average molecular weight is 268 g/mol. The summed E-state index contributed by atoms with van der Waals surface area (Å²) in [6, 6.07) is 9.96. The van der Waals surface area contributed by atoms with Crippen molar-refractivity contribution in [2.24, 2.45) is 0 Å². The molecule has 1 N–H and O–H groups in total. The Labute approximate surface area is 114 Å². The van der Waals surface area contributed by atoms with E-state index in [-0.39, 0.29) is 5.91 Å². The third-order valence-corrected chi connectivity index (χ3v) is 3.81. The lowest BCUT2D eigenvalue weighted by atomic mass is 10.1. The van der Waals surface area contributed by atoms with Gasteiger partial charge in [-0.25, -0.2) is 0 Å². The molecule has 0 unspecified atom stereocenters. The van der Waals surface area contributed by atoms with Gasteiger partial charge in [-0.2, -0.15) is 0 Å². The Morgan fingerprint density at radius 2 is 2.21 bits per heavy atom. The van der Waals surface area contributed by atoms with Crippen LogP contribution in [0.25, 0.3) is 21.2 Å². The van der Waals surface area contributed by atoms with Gasteiger partial charge in [-0.3, -0.25) is 9.78 Å². The van der Waals surface area contributed by atoms with Crippen LogP contribution in [0.5, 0.6) is 0 Å². The van der Waals surface area contributed by atoms with Crippen molar-refractivity contribution in [3.05, 3.63) is 48.1 Å². The van der Waals surface area contributed by atoms with Gasteiger partial charge in [-0.15, -0.1) is 11.3 Å². The van der Waals surface area contributed by atoms with E-state index in [4.69, 9.17) is 0 Å². The number of fused-ring (bicyclic) bond motifs is 1. The summed E-state index contributed by atoms with van der Waals surface area (Å²) in [5, 5.41) is 6.11. The monoisotopic (exact) mass is 268 g/mol. The zero-order chi connectivity index (χ0) is 13.2. The van der Waals surface area contributed by atoms with Crippen molar-refractivity contribution in [3.63, 3.8) is 0 Å². The van der Waals surface area contributed by atoms with Gasteiger partial charge >= 0.3 is 0 Å². The summed E-state index contributed by atoms with van der Waals surface area (Å²) in [4.78, 5) is 15.2. The normalized spacial score (nSPS) is 10.6. The number of benzene rings is 1. The van der Waals surface area contributed by atoms with Crippen molar-refractivity contribution in [1.29, 1.82) is 0 Å². The fraction of sp³-hybridized carbons (Fsp3) is 0.0667. The van der Waals surface area contributed by atoms with Crippen LogP contribution in [0.1, 0.15) is 6.92 Å². The zero-order valence-corrected chi connectivity index (χ0v) is 11.2. The predicted molar refractivity (Wildman–Crippen MR) is 79.4 cm³/mol. The first kappa shape index (κ1) is 11.9. The van der Waals surface area contributed by atoms with Crippen molar-refractivity contribution in [2.75, 3.05) is 5.32 Å². The Balaban J connectivity index is 2.08. The first-order valence-electron chi connectivity index (χ1n) is 5.93. The minimum Gasteiger partial charge on any atom is -0.326 e. The Kier molecular flexibility index (Phi) is 3.01. The van der Waals surface area contributed by atoms with Gasteiger partial charge in [0.15, 0.2) is 0 Å². The van der Waals surface area contributed by atoms with Gasteiger partial charge in [0, 0.05) is 46.2 Å². The van der Waals surface area contributed by atoms with E-state index in [1.165, 1.54) is 17.9 Å². The highest BCUT2D eigenvalue weighted by Crippen LogP contribution is 2.34. The summed E-state index contributed by atoms with van der Waals surface area (Å²) < 4.78 is 1.16. The number of amides is 1. The van der Waals surface area contributed by atoms with E-state index in [1.807, 2.05) is 30.5 Å². The van der Waals surface area contributed by atoms with Crippen LogP contribution < -0.4 is 5.32 Å². The number of rotatable bonds is 2. The minimum atomic E-state index is -0.0524. The number of hydrogen-bond acceptors (Lipinski definition) is 3. The zero-order valence-electron chi connectivity index (χ0n) is 10.4. The second kappa shape index (κ2) is 4.82. The molecule has 0 atom stereocenters. The highest BCUT2D eigenvalue weighted by atomic mass is 32.1. The summed E-state index contributed by atoms with van der Waals surface area (Å²) in [5.74, 6) is -0.0524. The number of nitrogens with zero attached hydrogens (tertiary/aromatic N) is 1. The Morgan fingerprint density at radius 1 is 1.32 bits per heavy atom. The summed E-state index contributed by atoms with van der Waals surface area (Å²) in [5.41, 5.74) is 3.13. The molecule has 0 saturated carbocycles. The fourth-order valence-corrected chi connectivity index (χ4v) is 3.06. The van der Waals surface area contributed by atoms with Crippen molar-refractivity contribution in [1.82, 2.24) is 4.98 Å². The van der Waals surface area contributed by atoms with E-state index < -0.39 is 0 Å². The van der Waals surface area contributed by atoms with Gasteiger partial charge in [0.05, 0.1) is 0 Å². The maximum atomic E-state index is 11.1. The molecule has 94 valence electrons. The highest BCUT2D eigenvalue weighted by molar-refractivity contribution is 7.17. The smallest absolute Gasteiger partial charge is 0.221 e. The number of nitrogens with one attached hydrogen (secondary N) is 1. The standard InChI is InChI=1S/C15H12N2OS/c1-10(18)17-12-4-5-13-14(9-19-15(13)7-12)11-3-2-6-16-8-11/h2-9H,1H3,(H,17,18). The lowest BCUT2D eigenvalue weighted by Crippen LogP contribution is -2.05. The van der Waals surface area contributed by atoms with Crippen LogP contribution in [0.15, 0.2) is 48.1 Å². The van der Waals surface area contributed by atoms with E-state index in [0.29, 0.717) is 0 Å². The van der Waals surface area contributed by atoms with Crippen LogP contribution in [0.4, 0.5) is 5.69 Å². The molecular formula is C15H12N2OS. The molecule has 3 nitrogen and oxygen atoms in total. The van der Waals surface area contributed by atoms with E-state index >= 15 is 0 Å². The van der Waals surface area contributed by atoms with Crippen molar-refractivity contribution >= 4 is 33.0 Å². The minimum absolute atomic E-state index is 0.0524. The second-order valence-electron chi connectivity index (χ2n) is 4.28. The molecular weight excluding hydrogens is 256 g/mol. The topological polar surface area (TPSA) is 42.0 Å². The molecule has 0 spiro atoms. The predicted octanol–water partition coefficient (Wildman–Crippen LogP) is 3.92. The molecule has 0 aliphatic heterocycles. The number of carbonyl (C=O) groups excluding carboxylic acids is 1. The molecule has 0 aliphatic carbocycles. The van der Waals surface area contributed by atoms with Gasteiger partial charge in [0.25, 0.3) is 0 Å². The highest BCUT2D eigenvalue weighted by Gasteiger charge is 2.07. The van der Waals surface area contributed by atoms with E-state index in [1.54, 1.807) is 17.5 Å². The van der Waals surface area contributed by atoms with Crippen LogP contribution >= 0.6 is 11.3 Å². The van der Waals surface area contributed by atoms with Crippen LogP contribution in [-0.2, 0) is 4.79 Å². The number of thiophene rings is 1. The first-order chi connectivity index (χ1) is 9.24. The number of hydrogen-bond donors (Lipinski definition) is 1. The molecule has 3 aromatic rings. The Bertz CT molecular complexity index is 734. The third-order valence-electron chi connectivity index (χ3n) is 2.87. The van der Waals surface area contributed by atoms with E-state index in [9.17, 15) is 4.79 Å². The summed E-state index contributed by atoms with van der Waals surface area (Å²) in [6.45, 7) is 1.51. The molecule has 0 bridgehead atoms. The van der Waals surface area contributed by atoms with E-state index in [0.717, 1.165) is 16.0 Å². The quantitative estimate of drug-likeness (QED) is 0.765. The van der Waals surface area contributed by atoms with Crippen LogP contribution in [0, 0.1) is 0 Å². The SMILES string of the molecule is CC(=O)Nc1ccc2c(-c3cccnc3)csc2c1. The number of aromatic nitrogens is 1. The van der Waals surface area contributed by atoms with Crippen LogP contribution in [0.2, 0.25) is 0 Å². The molecule has 0 radical (unpaired) electrons. The van der Waals surface area contributed by atoms with Crippen molar-refractivity contribution < 1.29 is 4.79 Å². The lowest BCUT2D eigenvalue weighted by molar-refractivity contribution is -0.114. The summed E-state index contributed by atoms with van der Waals surface area (Å²) >= 11 is 1.67. The molecule has 2 aromatic heterocycles. The number of pyridine rings is 1. The maximum absolute atomic E-state index is 11.1. The molecule has 1 amide bonds. The van der Waals surface area contributed by atoms with Crippen LogP contribution in [-0.4, -0.2) is 10.9 Å². The summed E-state index contributed by atoms with van der Waals surface area (Å²) in [6.07, 6.45) is 3.64. The van der Waals surface area contributed by atoms with Crippen molar-refractivity contribution in [3.8, 4) is 11.1 Å². The Morgan fingerprint density at radius 3 is 2.95 bits per heavy atom. The first-order valence-corrected chi connectivity index (χ1v) is 6.81. The number of anilines is 1. The molecule has 4 heteroatoms. The molecule has 19 heavy (non-hydrogen) atoms. The molecule has 2 heterocycles. The van der Waals surface area contributed by atoms with Crippen LogP contribution in [0.3, 0.4) is 0 Å². The average Bonchev–Trinajstić information content (AvgIpc) is 2.82. The second-order valence-corrected chi connectivity index (χ2v) is 5.19. The van der Waals surface area contributed by atoms with Gasteiger partial charge < -0.3 is 5.32 Å². The van der Waals surface area contributed by atoms with E-state index in [2.05, 4.69) is 21.7 Å². The fourth-order valence-electron chi connectivity index (χ4n) is 2.05. The molecule has 1 aromatic carbocycles. The van der Waals surface area contributed by atoms with Gasteiger partial charge in [0.1, 0.15) is 0 Å². The third kappa shape index (κ3) is 2.35. The molecule has 0 fully saturated rings. The molecule has 0 saturated heterocycles. The van der Waals surface area contributed by atoms with Crippen molar-refractivity contribution in [2.45, 2.75) is 6.92 Å².